The topological polar surface area (TPSA) is 37.3 Å². The minimum Gasteiger partial charge on any atom is -0.393 e. The molecule has 1 aliphatic carbocycles. The SMILES string of the molecule is CCC1CCC(O)C1CC=O. The summed E-state index contributed by atoms with van der Waals surface area (Å²) in [5.74, 6) is 0.827. The number of aliphatic hydroxyl groups excluding tert-OH is 1. The maximum atomic E-state index is 10.3. The largest absolute Gasteiger partial charge is 0.393 e. The van der Waals surface area contributed by atoms with Crippen LogP contribution in [0.2, 0.25) is 0 Å². The molecule has 2 heteroatoms. The molecule has 0 amide bonds. The summed E-state index contributed by atoms with van der Waals surface area (Å²) in [6.45, 7) is 2.13. The number of aldehydes is 1. The molecule has 1 rings (SSSR count). The van der Waals surface area contributed by atoms with Crippen LogP contribution in [0.4, 0.5) is 0 Å². The van der Waals surface area contributed by atoms with Crippen molar-refractivity contribution >= 4 is 6.29 Å². The molecule has 3 atom stereocenters. The molecular formula is C9H16O2. The van der Waals surface area contributed by atoms with Gasteiger partial charge in [-0.05, 0) is 24.7 Å². The van der Waals surface area contributed by atoms with Crippen LogP contribution < -0.4 is 0 Å². The van der Waals surface area contributed by atoms with E-state index in [2.05, 4.69) is 6.92 Å². The predicted molar refractivity (Wildman–Crippen MR) is 43.2 cm³/mol. The van der Waals surface area contributed by atoms with Gasteiger partial charge in [-0.25, -0.2) is 0 Å². The van der Waals surface area contributed by atoms with Gasteiger partial charge in [0, 0.05) is 6.42 Å². The zero-order valence-corrected chi connectivity index (χ0v) is 6.99. The maximum absolute atomic E-state index is 10.3. The minimum absolute atomic E-state index is 0.217. The third-order valence-electron chi connectivity index (χ3n) is 2.83. The number of rotatable bonds is 3. The van der Waals surface area contributed by atoms with Gasteiger partial charge in [-0.3, -0.25) is 0 Å². The Morgan fingerprint density at radius 2 is 2.27 bits per heavy atom. The van der Waals surface area contributed by atoms with Gasteiger partial charge in [-0.15, -0.1) is 0 Å². The van der Waals surface area contributed by atoms with Crippen LogP contribution in [0, 0.1) is 11.8 Å². The summed E-state index contributed by atoms with van der Waals surface area (Å²) < 4.78 is 0. The van der Waals surface area contributed by atoms with Crippen molar-refractivity contribution in [2.24, 2.45) is 11.8 Å². The lowest BCUT2D eigenvalue weighted by Crippen LogP contribution is -2.19. The van der Waals surface area contributed by atoms with Crippen LogP contribution in [-0.2, 0) is 4.79 Å². The van der Waals surface area contributed by atoms with Gasteiger partial charge in [0.05, 0.1) is 6.10 Å². The molecule has 0 heterocycles. The molecule has 0 saturated heterocycles. The lowest BCUT2D eigenvalue weighted by molar-refractivity contribution is -0.109. The van der Waals surface area contributed by atoms with Crippen molar-refractivity contribution in [3.05, 3.63) is 0 Å². The van der Waals surface area contributed by atoms with Gasteiger partial charge in [0.1, 0.15) is 6.29 Å². The fraction of sp³-hybridized carbons (Fsp3) is 0.889. The Bertz CT molecular complexity index is 134. The van der Waals surface area contributed by atoms with E-state index in [0.29, 0.717) is 12.3 Å². The Balaban J connectivity index is 2.48. The van der Waals surface area contributed by atoms with Crippen molar-refractivity contribution in [3.63, 3.8) is 0 Å². The van der Waals surface area contributed by atoms with E-state index in [-0.39, 0.29) is 12.0 Å². The Hall–Kier alpha value is -0.370. The molecule has 0 aromatic heterocycles. The first-order valence-electron chi connectivity index (χ1n) is 4.41. The van der Waals surface area contributed by atoms with Crippen LogP contribution in [0.15, 0.2) is 0 Å². The summed E-state index contributed by atoms with van der Waals surface area (Å²) in [6, 6.07) is 0. The quantitative estimate of drug-likeness (QED) is 0.627. The van der Waals surface area contributed by atoms with E-state index in [1.54, 1.807) is 0 Å². The summed E-state index contributed by atoms with van der Waals surface area (Å²) in [7, 11) is 0. The number of hydrogen-bond donors (Lipinski definition) is 1. The highest BCUT2D eigenvalue weighted by molar-refractivity contribution is 5.50. The standard InChI is InChI=1S/C9H16O2/c1-2-7-3-4-9(11)8(7)5-6-10/h6-9,11H,2-5H2,1H3. The monoisotopic (exact) mass is 156 g/mol. The fourth-order valence-corrected chi connectivity index (χ4v) is 2.09. The normalized spacial score (nSPS) is 37.5. The Morgan fingerprint density at radius 3 is 2.82 bits per heavy atom. The third-order valence-corrected chi connectivity index (χ3v) is 2.83. The molecule has 0 radical (unpaired) electrons. The van der Waals surface area contributed by atoms with Gasteiger partial charge in [0.15, 0.2) is 0 Å². The van der Waals surface area contributed by atoms with E-state index in [0.717, 1.165) is 25.5 Å². The molecule has 3 unspecified atom stereocenters. The van der Waals surface area contributed by atoms with E-state index in [9.17, 15) is 9.90 Å². The van der Waals surface area contributed by atoms with Gasteiger partial charge in [-0.1, -0.05) is 13.3 Å². The lowest BCUT2D eigenvalue weighted by atomic mass is 9.90. The lowest BCUT2D eigenvalue weighted by Gasteiger charge is -2.17. The molecular weight excluding hydrogens is 140 g/mol. The van der Waals surface area contributed by atoms with E-state index in [1.807, 2.05) is 0 Å². The van der Waals surface area contributed by atoms with Gasteiger partial charge in [-0.2, -0.15) is 0 Å². The van der Waals surface area contributed by atoms with Gasteiger partial charge in [0.2, 0.25) is 0 Å². The molecule has 2 nitrogen and oxygen atoms in total. The van der Waals surface area contributed by atoms with Gasteiger partial charge >= 0.3 is 0 Å². The summed E-state index contributed by atoms with van der Waals surface area (Å²) in [6.07, 6.45) is 4.33. The van der Waals surface area contributed by atoms with E-state index in [4.69, 9.17) is 0 Å². The van der Waals surface area contributed by atoms with Crippen molar-refractivity contribution in [2.75, 3.05) is 0 Å². The second-order valence-corrected chi connectivity index (χ2v) is 3.38. The first kappa shape index (κ1) is 8.72. The molecule has 0 spiro atoms. The van der Waals surface area contributed by atoms with E-state index >= 15 is 0 Å². The Morgan fingerprint density at radius 1 is 1.55 bits per heavy atom. The average Bonchev–Trinajstić information content (AvgIpc) is 2.34. The van der Waals surface area contributed by atoms with Crippen LogP contribution in [0.1, 0.15) is 32.6 Å². The zero-order chi connectivity index (χ0) is 8.27. The first-order chi connectivity index (χ1) is 5.29. The summed E-state index contributed by atoms with van der Waals surface area (Å²) in [5.41, 5.74) is 0. The van der Waals surface area contributed by atoms with Crippen molar-refractivity contribution in [1.29, 1.82) is 0 Å². The highest BCUT2D eigenvalue weighted by Gasteiger charge is 2.32. The maximum Gasteiger partial charge on any atom is 0.120 e. The second-order valence-electron chi connectivity index (χ2n) is 3.38. The molecule has 0 bridgehead atoms. The number of carbonyl (C=O) groups is 1. The van der Waals surface area contributed by atoms with Crippen LogP contribution in [0.3, 0.4) is 0 Å². The molecule has 0 aromatic carbocycles. The van der Waals surface area contributed by atoms with Crippen LogP contribution in [-0.4, -0.2) is 17.5 Å². The molecule has 1 aliphatic rings. The number of aliphatic hydroxyl groups is 1. The third kappa shape index (κ3) is 1.80. The minimum atomic E-state index is -0.217. The first-order valence-corrected chi connectivity index (χ1v) is 4.41. The van der Waals surface area contributed by atoms with Gasteiger partial charge < -0.3 is 9.90 Å². The van der Waals surface area contributed by atoms with E-state index in [1.165, 1.54) is 0 Å². The molecule has 1 saturated carbocycles. The highest BCUT2D eigenvalue weighted by atomic mass is 16.3. The summed E-state index contributed by atoms with van der Waals surface area (Å²) >= 11 is 0. The Kier molecular flexibility index (Phi) is 3.06. The smallest absolute Gasteiger partial charge is 0.120 e. The molecule has 0 aromatic rings. The molecule has 11 heavy (non-hydrogen) atoms. The van der Waals surface area contributed by atoms with Gasteiger partial charge in [0.25, 0.3) is 0 Å². The zero-order valence-electron chi connectivity index (χ0n) is 6.99. The summed E-state index contributed by atoms with van der Waals surface area (Å²) in [4.78, 5) is 10.3. The Labute approximate surface area is 67.6 Å². The van der Waals surface area contributed by atoms with E-state index < -0.39 is 0 Å². The van der Waals surface area contributed by atoms with Crippen molar-refractivity contribution < 1.29 is 9.90 Å². The van der Waals surface area contributed by atoms with Crippen molar-refractivity contribution in [2.45, 2.75) is 38.7 Å². The molecule has 64 valence electrons. The summed E-state index contributed by atoms with van der Waals surface area (Å²) in [5, 5.41) is 9.46. The van der Waals surface area contributed by atoms with Crippen molar-refractivity contribution in [3.8, 4) is 0 Å². The average molecular weight is 156 g/mol. The fourth-order valence-electron chi connectivity index (χ4n) is 2.09. The van der Waals surface area contributed by atoms with Crippen LogP contribution in [0.5, 0.6) is 0 Å². The number of hydrogen-bond acceptors (Lipinski definition) is 2. The molecule has 1 N–H and O–H groups in total. The highest BCUT2D eigenvalue weighted by Crippen LogP contribution is 2.35. The molecule has 1 fully saturated rings. The van der Waals surface area contributed by atoms with Crippen LogP contribution in [0.25, 0.3) is 0 Å². The van der Waals surface area contributed by atoms with Crippen LogP contribution >= 0.6 is 0 Å². The number of carbonyl (C=O) groups excluding carboxylic acids is 1. The molecule has 0 aliphatic heterocycles. The predicted octanol–water partition coefficient (Wildman–Crippen LogP) is 1.37. The second kappa shape index (κ2) is 3.86. The van der Waals surface area contributed by atoms with Crippen molar-refractivity contribution in [1.82, 2.24) is 0 Å².